The van der Waals surface area contributed by atoms with Crippen molar-refractivity contribution < 1.29 is 4.79 Å². The van der Waals surface area contributed by atoms with E-state index in [-0.39, 0.29) is 11.3 Å². The van der Waals surface area contributed by atoms with Gasteiger partial charge >= 0.3 is 0 Å². The predicted octanol–water partition coefficient (Wildman–Crippen LogP) is 3.34. The lowest BCUT2D eigenvalue weighted by molar-refractivity contribution is 0.0562. The van der Waals surface area contributed by atoms with Crippen molar-refractivity contribution in [3.63, 3.8) is 0 Å². The van der Waals surface area contributed by atoms with E-state index in [0.29, 0.717) is 11.6 Å². The van der Waals surface area contributed by atoms with Gasteiger partial charge in [0.1, 0.15) is 0 Å². The molecule has 1 amide bonds. The monoisotopic (exact) mass is 338 g/mol. The zero-order chi connectivity index (χ0) is 17.4. The van der Waals surface area contributed by atoms with E-state index in [9.17, 15) is 4.79 Å². The molecule has 1 aliphatic heterocycles. The van der Waals surface area contributed by atoms with Crippen LogP contribution in [0.4, 0.5) is 0 Å². The number of piperidine rings is 1. The molecule has 1 saturated carbocycles. The first-order valence-electron chi connectivity index (χ1n) is 9.27. The molecule has 0 radical (unpaired) electrons. The Hall–Kier alpha value is -2.17. The third-order valence-electron chi connectivity index (χ3n) is 5.76. The van der Waals surface area contributed by atoms with Gasteiger partial charge in [-0.3, -0.25) is 9.48 Å². The number of benzene rings is 1. The third kappa shape index (κ3) is 3.46. The summed E-state index contributed by atoms with van der Waals surface area (Å²) in [5.41, 5.74) is 1.97. The Kier molecular flexibility index (Phi) is 4.10. The molecule has 1 aliphatic carbocycles. The highest BCUT2D eigenvalue weighted by molar-refractivity contribution is 5.92. The molecule has 2 fully saturated rings. The Labute approximate surface area is 149 Å². The van der Waals surface area contributed by atoms with Crippen molar-refractivity contribution in [3.05, 3.63) is 47.8 Å². The molecule has 5 nitrogen and oxygen atoms in total. The summed E-state index contributed by atoms with van der Waals surface area (Å²) in [6, 6.07) is 10.5. The lowest BCUT2D eigenvalue weighted by atomic mass is 9.70. The molecule has 1 aromatic heterocycles. The van der Waals surface area contributed by atoms with Crippen LogP contribution in [-0.4, -0.2) is 38.9 Å². The van der Waals surface area contributed by atoms with Gasteiger partial charge in [0.2, 0.25) is 0 Å². The first-order valence-corrected chi connectivity index (χ1v) is 9.27. The van der Waals surface area contributed by atoms with Crippen molar-refractivity contribution in [3.8, 4) is 0 Å². The molecule has 2 aromatic rings. The van der Waals surface area contributed by atoms with Crippen LogP contribution >= 0.6 is 0 Å². The first kappa shape index (κ1) is 16.3. The average molecular weight is 338 g/mol. The maximum atomic E-state index is 12.9. The molecule has 1 aromatic carbocycles. The van der Waals surface area contributed by atoms with Gasteiger partial charge in [-0.2, -0.15) is 0 Å². The molecule has 0 bridgehead atoms. The molecule has 0 spiro atoms. The minimum atomic E-state index is 0.0125. The molecule has 25 heavy (non-hydrogen) atoms. The van der Waals surface area contributed by atoms with E-state index in [1.807, 2.05) is 21.8 Å². The summed E-state index contributed by atoms with van der Waals surface area (Å²) in [6.07, 6.45) is 5.35. The van der Waals surface area contributed by atoms with Crippen LogP contribution < -0.4 is 0 Å². The highest BCUT2D eigenvalue weighted by Crippen LogP contribution is 2.42. The van der Waals surface area contributed by atoms with Gasteiger partial charge < -0.3 is 4.90 Å². The van der Waals surface area contributed by atoms with E-state index < -0.39 is 0 Å². The van der Waals surface area contributed by atoms with Gasteiger partial charge in [-0.15, -0.1) is 5.10 Å². The number of aromatic nitrogens is 3. The van der Waals surface area contributed by atoms with Crippen LogP contribution in [0.2, 0.25) is 0 Å². The van der Waals surface area contributed by atoms with E-state index in [1.165, 1.54) is 18.4 Å². The van der Waals surface area contributed by atoms with Crippen LogP contribution in [0.1, 0.15) is 55.1 Å². The maximum absolute atomic E-state index is 12.9. The molecule has 5 heteroatoms. The zero-order valence-corrected chi connectivity index (χ0v) is 15.1. The molecular weight excluding hydrogens is 312 g/mol. The molecule has 1 saturated heterocycles. The second-order valence-corrected chi connectivity index (χ2v) is 8.22. The quantitative estimate of drug-likeness (QED) is 0.859. The van der Waals surface area contributed by atoms with E-state index in [1.54, 1.807) is 0 Å². The van der Waals surface area contributed by atoms with Gasteiger partial charge in [0, 0.05) is 25.6 Å². The zero-order valence-electron chi connectivity index (χ0n) is 15.1. The topological polar surface area (TPSA) is 51.0 Å². The lowest BCUT2D eigenvalue weighted by Gasteiger charge is -2.44. The summed E-state index contributed by atoms with van der Waals surface area (Å²) in [6.45, 7) is 7.02. The largest absolute Gasteiger partial charge is 0.337 e. The normalized spacial score (nSPS) is 22.8. The fourth-order valence-corrected chi connectivity index (χ4v) is 3.80. The highest BCUT2D eigenvalue weighted by Gasteiger charge is 2.38. The number of nitrogens with zero attached hydrogens (tertiary/aromatic N) is 4. The number of carbonyl (C=O) groups is 1. The number of carbonyl (C=O) groups excluding carboxylic acids is 1. The summed E-state index contributed by atoms with van der Waals surface area (Å²) in [5.74, 6) is 1.08. The van der Waals surface area contributed by atoms with Crippen molar-refractivity contribution in [2.75, 3.05) is 13.1 Å². The van der Waals surface area contributed by atoms with Gasteiger partial charge in [-0.25, -0.2) is 0 Å². The van der Waals surface area contributed by atoms with Crippen LogP contribution in [0.15, 0.2) is 36.5 Å². The Morgan fingerprint density at radius 2 is 2.00 bits per heavy atom. The minimum absolute atomic E-state index is 0.0125. The van der Waals surface area contributed by atoms with Gasteiger partial charge in [-0.1, -0.05) is 49.4 Å². The lowest BCUT2D eigenvalue weighted by Crippen LogP contribution is -2.46. The minimum Gasteiger partial charge on any atom is -0.337 e. The molecule has 2 heterocycles. The summed E-state index contributed by atoms with van der Waals surface area (Å²) in [4.78, 5) is 14.9. The fraction of sp³-hybridized carbons (Fsp3) is 0.550. The summed E-state index contributed by atoms with van der Waals surface area (Å²) in [5, 5.41) is 8.27. The summed E-state index contributed by atoms with van der Waals surface area (Å²) >= 11 is 0. The number of amides is 1. The second kappa shape index (κ2) is 6.28. The Morgan fingerprint density at radius 3 is 2.72 bits per heavy atom. The Balaban J connectivity index is 1.50. The van der Waals surface area contributed by atoms with Crippen LogP contribution in [0.3, 0.4) is 0 Å². The SMILES string of the molecule is CC1(C)CCN(C(=O)c2cn(CC3CC3)nn2)CC1c1ccccc1. The van der Waals surface area contributed by atoms with Crippen LogP contribution in [0.5, 0.6) is 0 Å². The molecule has 1 unspecified atom stereocenters. The average Bonchev–Trinajstić information content (AvgIpc) is 3.30. The van der Waals surface area contributed by atoms with Gasteiger partial charge in [-0.05, 0) is 36.2 Å². The number of hydrogen-bond donors (Lipinski definition) is 0. The van der Waals surface area contributed by atoms with E-state index in [4.69, 9.17) is 0 Å². The molecule has 2 aliphatic rings. The standard InChI is InChI=1S/C20H26N4O/c1-20(2)10-11-23(13-17(20)16-6-4-3-5-7-16)19(25)18-14-24(22-21-18)12-15-8-9-15/h3-7,14-15,17H,8-13H2,1-2H3. The van der Waals surface area contributed by atoms with Crippen molar-refractivity contribution in [2.45, 2.75) is 45.6 Å². The highest BCUT2D eigenvalue weighted by atomic mass is 16.2. The van der Waals surface area contributed by atoms with Gasteiger partial charge in [0.05, 0.1) is 6.20 Å². The molecule has 1 atom stereocenters. The van der Waals surface area contributed by atoms with E-state index in [2.05, 4.69) is 48.4 Å². The smallest absolute Gasteiger partial charge is 0.276 e. The van der Waals surface area contributed by atoms with Crippen molar-refractivity contribution in [2.24, 2.45) is 11.3 Å². The summed E-state index contributed by atoms with van der Waals surface area (Å²) < 4.78 is 1.83. The first-order chi connectivity index (χ1) is 12.0. The van der Waals surface area contributed by atoms with Crippen LogP contribution in [0.25, 0.3) is 0 Å². The summed E-state index contributed by atoms with van der Waals surface area (Å²) in [7, 11) is 0. The maximum Gasteiger partial charge on any atom is 0.276 e. The van der Waals surface area contributed by atoms with Crippen LogP contribution in [0, 0.1) is 11.3 Å². The molecule has 4 rings (SSSR count). The number of likely N-dealkylation sites (tertiary alicyclic amines) is 1. The van der Waals surface area contributed by atoms with Gasteiger partial charge in [0.15, 0.2) is 5.69 Å². The van der Waals surface area contributed by atoms with E-state index in [0.717, 1.165) is 32.0 Å². The van der Waals surface area contributed by atoms with E-state index >= 15 is 0 Å². The molecule has 0 N–H and O–H groups in total. The second-order valence-electron chi connectivity index (χ2n) is 8.22. The number of rotatable bonds is 4. The predicted molar refractivity (Wildman–Crippen MR) is 96.2 cm³/mol. The van der Waals surface area contributed by atoms with Crippen molar-refractivity contribution in [1.82, 2.24) is 19.9 Å². The number of hydrogen-bond acceptors (Lipinski definition) is 3. The third-order valence-corrected chi connectivity index (χ3v) is 5.76. The Bertz CT molecular complexity index is 748. The van der Waals surface area contributed by atoms with Crippen molar-refractivity contribution >= 4 is 5.91 Å². The molecular formula is C20H26N4O. The van der Waals surface area contributed by atoms with Gasteiger partial charge in [0.25, 0.3) is 5.91 Å². The van der Waals surface area contributed by atoms with Crippen molar-refractivity contribution in [1.29, 1.82) is 0 Å². The molecule has 132 valence electrons. The Morgan fingerprint density at radius 1 is 1.24 bits per heavy atom. The fourth-order valence-electron chi connectivity index (χ4n) is 3.80. The van der Waals surface area contributed by atoms with Crippen LogP contribution in [-0.2, 0) is 6.54 Å².